The number of hydrogen-bond acceptors (Lipinski definition) is 4. The highest BCUT2D eigenvalue weighted by Crippen LogP contribution is 2.10. The van der Waals surface area contributed by atoms with E-state index in [1.165, 1.54) is 0 Å². The Bertz CT molecular complexity index is 188. The smallest absolute Gasteiger partial charge is 0.168 e. The zero-order chi connectivity index (χ0) is 7.40. The topological polar surface area (TPSA) is 49.8 Å². The Labute approximate surface area is 59.7 Å². The molecule has 0 radical (unpaired) electrons. The fourth-order valence-corrected chi connectivity index (χ4v) is 0.704. The lowest BCUT2D eigenvalue weighted by Gasteiger charge is -2.03. The first-order chi connectivity index (χ1) is 4.88. The van der Waals surface area contributed by atoms with Gasteiger partial charge in [0.2, 0.25) is 0 Å². The van der Waals surface area contributed by atoms with Crippen molar-refractivity contribution in [2.75, 3.05) is 24.7 Å². The van der Waals surface area contributed by atoms with Crippen molar-refractivity contribution in [1.29, 1.82) is 0 Å². The standard InChI is InChI=1S/C6H10N4/c1-7-5-6(8-2)10-4-3-9-5/h3-4H,1-2H3,(H,7,9)(H,8,10). The van der Waals surface area contributed by atoms with E-state index >= 15 is 0 Å². The molecule has 0 unspecified atom stereocenters. The van der Waals surface area contributed by atoms with Crippen LogP contribution in [0.1, 0.15) is 0 Å². The Morgan fingerprint density at radius 3 is 1.70 bits per heavy atom. The molecule has 0 saturated carbocycles. The lowest BCUT2D eigenvalue weighted by atomic mass is 10.6. The second kappa shape index (κ2) is 3.00. The van der Waals surface area contributed by atoms with Gasteiger partial charge < -0.3 is 10.6 Å². The van der Waals surface area contributed by atoms with E-state index in [0.717, 1.165) is 11.6 Å². The van der Waals surface area contributed by atoms with Gasteiger partial charge in [0.25, 0.3) is 0 Å². The summed E-state index contributed by atoms with van der Waals surface area (Å²) in [5.74, 6) is 1.54. The van der Waals surface area contributed by atoms with Crippen molar-refractivity contribution in [2.24, 2.45) is 0 Å². The zero-order valence-electron chi connectivity index (χ0n) is 6.05. The van der Waals surface area contributed by atoms with Crippen LogP contribution in [0.15, 0.2) is 12.4 Å². The molecule has 1 aromatic rings. The highest BCUT2D eigenvalue weighted by atomic mass is 15.1. The number of rotatable bonds is 2. The minimum Gasteiger partial charge on any atom is -0.370 e. The van der Waals surface area contributed by atoms with Crippen molar-refractivity contribution in [1.82, 2.24) is 9.97 Å². The summed E-state index contributed by atoms with van der Waals surface area (Å²) >= 11 is 0. The summed E-state index contributed by atoms with van der Waals surface area (Å²) in [6.07, 6.45) is 3.29. The summed E-state index contributed by atoms with van der Waals surface area (Å²) < 4.78 is 0. The molecule has 0 fully saturated rings. The maximum atomic E-state index is 4.03. The van der Waals surface area contributed by atoms with Gasteiger partial charge in [-0.15, -0.1) is 0 Å². The van der Waals surface area contributed by atoms with Crippen molar-refractivity contribution in [2.45, 2.75) is 0 Å². The van der Waals surface area contributed by atoms with Crippen molar-refractivity contribution in [3.8, 4) is 0 Å². The Hall–Kier alpha value is -1.32. The molecule has 10 heavy (non-hydrogen) atoms. The SMILES string of the molecule is CNc1nccnc1NC. The van der Waals surface area contributed by atoms with Crippen molar-refractivity contribution in [3.63, 3.8) is 0 Å². The number of anilines is 2. The van der Waals surface area contributed by atoms with Crippen LogP contribution in [-0.2, 0) is 0 Å². The van der Waals surface area contributed by atoms with Crippen LogP contribution in [0, 0.1) is 0 Å². The number of nitrogens with one attached hydrogen (secondary N) is 2. The van der Waals surface area contributed by atoms with E-state index in [4.69, 9.17) is 0 Å². The molecule has 1 aromatic heterocycles. The molecule has 1 heterocycles. The monoisotopic (exact) mass is 138 g/mol. The van der Waals surface area contributed by atoms with Crippen LogP contribution < -0.4 is 10.6 Å². The van der Waals surface area contributed by atoms with E-state index in [2.05, 4.69) is 20.6 Å². The Morgan fingerprint density at radius 2 is 1.40 bits per heavy atom. The summed E-state index contributed by atoms with van der Waals surface area (Å²) in [7, 11) is 3.62. The van der Waals surface area contributed by atoms with Crippen LogP contribution in [0.2, 0.25) is 0 Å². The maximum Gasteiger partial charge on any atom is 0.168 e. The Balaban J connectivity index is 2.96. The third-order valence-electron chi connectivity index (χ3n) is 1.17. The van der Waals surface area contributed by atoms with Gasteiger partial charge in [-0.05, 0) is 0 Å². The summed E-state index contributed by atoms with van der Waals surface area (Å²) in [6, 6.07) is 0. The summed E-state index contributed by atoms with van der Waals surface area (Å²) in [4.78, 5) is 8.06. The lowest BCUT2D eigenvalue weighted by molar-refractivity contribution is 1.17. The molecule has 0 aliphatic heterocycles. The summed E-state index contributed by atoms with van der Waals surface area (Å²) in [5, 5.41) is 5.82. The average Bonchev–Trinajstić information content (AvgIpc) is 2.04. The second-order valence-electron chi connectivity index (χ2n) is 1.75. The maximum absolute atomic E-state index is 4.03. The summed E-state index contributed by atoms with van der Waals surface area (Å²) in [5.41, 5.74) is 0. The van der Waals surface area contributed by atoms with Gasteiger partial charge in [0, 0.05) is 26.5 Å². The molecule has 4 nitrogen and oxygen atoms in total. The highest BCUT2D eigenvalue weighted by molar-refractivity contribution is 5.57. The quantitative estimate of drug-likeness (QED) is 0.627. The van der Waals surface area contributed by atoms with Gasteiger partial charge in [0.15, 0.2) is 11.6 Å². The van der Waals surface area contributed by atoms with Gasteiger partial charge in [0.1, 0.15) is 0 Å². The zero-order valence-corrected chi connectivity index (χ0v) is 6.05. The van der Waals surface area contributed by atoms with E-state index in [-0.39, 0.29) is 0 Å². The van der Waals surface area contributed by atoms with E-state index in [0.29, 0.717) is 0 Å². The first-order valence-electron chi connectivity index (χ1n) is 3.05. The van der Waals surface area contributed by atoms with E-state index in [9.17, 15) is 0 Å². The van der Waals surface area contributed by atoms with Crippen LogP contribution in [0.25, 0.3) is 0 Å². The number of hydrogen-bond donors (Lipinski definition) is 2. The second-order valence-corrected chi connectivity index (χ2v) is 1.75. The largest absolute Gasteiger partial charge is 0.370 e. The third kappa shape index (κ3) is 1.15. The molecule has 0 saturated heterocycles. The molecule has 0 spiro atoms. The molecule has 0 amide bonds. The molecular weight excluding hydrogens is 128 g/mol. The van der Waals surface area contributed by atoms with E-state index in [1.807, 2.05) is 14.1 Å². The molecule has 4 heteroatoms. The normalized spacial score (nSPS) is 9.00. The average molecular weight is 138 g/mol. The minimum absolute atomic E-state index is 0.769. The predicted octanol–water partition coefficient (Wildman–Crippen LogP) is 0.560. The fraction of sp³-hybridized carbons (Fsp3) is 0.333. The van der Waals surface area contributed by atoms with Gasteiger partial charge in [-0.2, -0.15) is 0 Å². The van der Waals surface area contributed by atoms with Crippen molar-refractivity contribution >= 4 is 11.6 Å². The number of nitrogens with zero attached hydrogens (tertiary/aromatic N) is 2. The van der Waals surface area contributed by atoms with Crippen LogP contribution in [0.4, 0.5) is 11.6 Å². The molecule has 0 bridgehead atoms. The van der Waals surface area contributed by atoms with Crippen molar-refractivity contribution in [3.05, 3.63) is 12.4 Å². The van der Waals surface area contributed by atoms with Crippen LogP contribution >= 0.6 is 0 Å². The molecule has 0 aliphatic carbocycles. The number of aromatic nitrogens is 2. The Morgan fingerprint density at radius 1 is 1.00 bits per heavy atom. The van der Waals surface area contributed by atoms with Gasteiger partial charge in [-0.25, -0.2) is 9.97 Å². The van der Waals surface area contributed by atoms with Crippen LogP contribution in [0.3, 0.4) is 0 Å². The third-order valence-corrected chi connectivity index (χ3v) is 1.17. The van der Waals surface area contributed by atoms with Gasteiger partial charge in [0.05, 0.1) is 0 Å². The summed E-state index contributed by atoms with van der Waals surface area (Å²) in [6.45, 7) is 0. The Kier molecular flexibility index (Phi) is 2.04. The van der Waals surface area contributed by atoms with Gasteiger partial charge in [-0.3, -0.25) is 0 Å². The highest BCUT2D eigenvalue weighted by Gasteiger charge is 1.96. The van der Waals surface area contributed by atoms with Gasteiger partial charge >= 0.3 is 0 Å². The van der Waals surface area contributed by atoms with Crippen LogP contribution in [-0.4, -0.2) is 24.1 Å². The molecule has 0 atom stereocenters. The van der Waals surface area contributed by atoms with Crippen LogP contribution in [0.5, 0.6) is 0 Å². The predicted molar refractivity (Wildman–Crippen MR) is 41.1 cm³/mol. The first kappa shape index (κ1) is 6.80. The molecule has 54 valence electrons. The molecule has 2 N–H and O–H groups in total. The molecule has 1 rings (SSSR count). The minimum atomic E-state index is 0.769. The molecule has 0 aromatic carbocycles. The molecular formula is C6H10N4. The van der Waals surface area contributed by atoms with E-state index < -0.39 is 0 Å². The van der Waals surface area contributed by atoms with Crippen molar-refractivity contribution < 1.29 is 0 Å². The fourth-order valence-electron chi connectivity index (χ4n) is 0.704. The molecule has 0 aliphatic rings. The van der Waals surface area contributed by atoms with E-state index in [1.54, 1.807) is 12.4 Å². The first-order valence-corrected chi connectivity index (χ1v) is 3.05. The lowest BCUT2D eigenvalue weighted by Crippen LogP contribution is -2.00. The van der Waals surface area contributed by atoms with Gasteiger partial charge in [-0.1, -0.05) is 0 Å².